The predicted octanol–water partition coefficient (Wildman–Crippen LogP) is 11.4. The maximum Gasteiger partial charge on any atom is 0.331 e. The van der Waals surface area contributed by atoms with Gasteiger partial charge in [-0.3, -0.25) is 0 Å². The molecule has 5 aliphatic heterocycles. The van der Waals surface area contributed by atoms with Crippen molar-refractivity contribution in [2.24, 2.45) is 47.3 Å². The Morgan fingerprint density at radius 1 is 0.430 bits per heavy atom. The van der Waals surface area contributed by atoms with E-state index in [1.807, 2.05) is 79.7 Å². The van der Waals surface area contributed by atoms with Gasteiger partial charge in [-0.15, -0.1) is 0 Å². The molecule has 0 spiro atoms. The Morgan fingerprint density at radius 3 is 1.12 bits per heavy atom. The van der Waals surface area contributed by atoms with E-state index in [2.05, 4.69) is 26.0 Å². The number of rotatable bonds is 18. The maximum atomic E-state index is 14.0. The SMILES string of the molecule is CO[C@H]1C[C@H](CC[C@H](C)[C@H](O)[C@H](C)[C@H]2OC(=O)/C=C/C(C)=C/C[C@H](OC)C[C@@H]3C=CC[C@@H](C[C@H](OC)[C@@H](C)[C@@H](O)C[C@@H](O)[C@H](C)[C@@H]([C@@H](C)[C@@H](O)[C@@H](C)CC[C@H]4C[C@H](OC)C[C@H](C)O4)OC(=O)/C=C/C(C)=C/C[C@H](OC)C[C@@H]4C=CC[C@@H](C[C@H](OC)[C@@H](C)[C@@H](O)C[C@@H](O)[C@@H]2C)O4)O3)O[C@@H](C)C1. The third kappa shape index (κ3) is 28.6. The van der Waals surface area contributed by atoms with Crippen molar-refractivity contribution in [3.05, 3.63) is 71.9 Å². The second-order valence-corrected chi connectivity index (χ2v) is 30.7. The zero-order valence-corrected chi connectivity index (χ0v) is 64.2. The molecule has 2 fully saturated rings. The second kappa shape index (κ2) is 44.6. The third-order valence-corrected chi connectivity index (χ3v) is 22.9. The average molecular weight is 1420 g/mol. The van der Waals surface area contributed by atoms with Crippen LogP contribution in [0.15, 0.2) is 71.9 Å². The van der Waals surface area contributed by atoms with E-state index in [9.17, 15) is 40.2 Å². The predicted molar refractivity (Wildman–Crippen MR) is 387 cm³/mol. The van der Waals surface area contributed by atoms with Crippen LogP contribution in [0, 0.1) is 47.3 Å². The summed E-state index contributed by atoms with van der Waals surface area (Å²) in [6.07, 6.45) is 18.3. The van der Waals surface area contributed by atoms with Gasteiger partial charge in [-0.2, -0.15) is 0 Å². The Kier molecular flexibility index (Phi) is 39.0. The zero-order valence-electron chi connectivity index (χ0n) is 64.2. The van der Waals surface area contributed by atoms with E-state index in [4.69, 9.17) is 56.8 Å². The van der Waals surface area contributed by atoms with Crippen molar-refractivity contribution in [3.63, 3.8) is 0 Å². The highest BCUT2D eigenvalue weighted by Crippen LogP contribution is 2.37. The van der Waals surface area contributed by atoms with Crippen LogP contribution in [-0.4, -0.2) is 220 Å². The summed E-state index contributed by atoms with van der Waals surface area (Å²) in [4.78, 5) is 28.0. The van der Waals surface area contributed by atoms with Crippen LogP contribution in [-0.2, 0) is 66.4 Å². The molecule has 100 heavy (non-hydrogen) atoms. The van der Waals surface area contributed by atoms with E-state index in [1.54, 1.807) is 68.7 Å². The molecule has 0 amide bonds. The fraction of sp³-hybridized carbons (Fsp3) is 0.825. The molecule has 0 aromatic heterocycles. The smallest absolute Gasteiger partial charge is 0.331 e. The van der Waals surface area contributed by atoms with E-state index in [1.165, 1.54) is 12.2 Å². The first kappa shape index (κ1) is 87.4. The topological polar surface area (TPSA) is 266 Å². The number of carbonyl (C=O) groups excluding carboxylic acids is 2. The average Bonchev–Trinajstić information content (AvgIpc) is 0.842. The Balaban J connectivity index is 1.39. The highest BCUT2D eigenvalue weighted by atomic mass is 16.6. The first-order valence-corrected chi connectivity index (χ1v) is 37.8. The van der Waals surface area contributed by atoms with E-state index in [-0.39, 0.29) is 97.9 Å². The van der Waals surface area contributed by atoms with Crippen molar-refractivity contribution in [2.45, 2.75) is 333 Å². The number of aliphatic hydroxyl groups is 6. The summed E-state index contributed by atoms with van der Waals surface area (Å²) in [5.41, 5.74) is 1.58. The number of esters is 2. The van der Waals surface area contributed by atoms with Crippen molar-refractivity contribution >= 4 is 11.9 Å². The molecule has 0 aliphatic carbocycles. The molecule has 5 aliphatic rings. The third-order valence-electron chi connectivity index (χ3n) is 22.9. The first-order valence-electron chi connectivity index (χ1n) is 37.8. The van der Waals surface area contributed by atoms with Crippen LogP contribution in [0.2, 0.25) is 0 Å². The minimum absolute atomic E-state index is 0.0171. The number of cyclic esters (lactones) is 2. The van der Waals surface area contributed by atoms with Gasteiger partial charge >= 0.3 is 11.9 Å². The molecular formula is C80H136O20. The van der Waals surface area contributed by atoms with Gasteiger partial charge in [-0.05, 0) is 129 Å². The van der Waals surface area contributed by atoms with Gasteiger partial charge in [0.25, 0.3) is 0 Å². The van der Waals surface area contributed by atoms with E-state index < -0.39 is 108 Å². The number of carbonyl (C=O) groups is 2. The number of ether oxygens (including phenoxy) is 12. The van der Waals surface area contributed by atoms with Crippen LogP contribution < -0.4 is 0 Å². The molecule has 5 heterocycles. The molecule has 30 atom stereocenters. The summed E-state index contributed by atoms with van der Waals surface area (Å²) in [6.45, 7) is 22.9. The van der Waals surface area contributed by atoms with Gasteiger partial charge < -0.3 is 87.5 Å². The minimum Gasteiger partial charge on any atom is -0.458 e. The first-order chi connectivity index (χ1) is 47.5. The second-order valence-electron chi connectivity index (χ2n) is 30.7. The highest BCUT2D eigenvalue weighted by Gasteiger charge is 2.42. The summed E-state index contributed by atoms with van der Waals surface area (Å²) in [6, 6.07) is 0. The quantitative estimate of drug-likeness (QED) is 0.0550. The summed E-state index contributed by atoms with van der Waals surface area (Å²) < 4.78 is 73.9. The molecule has 0 unspecified atom stereocenters. The molecule has 6 N–H and O–H groups in total. The number of methoxy groups -OCH3 is 6. The lowest BCUT2D eigenvalue weighted by atomic mass is 9.78. The zero-order chi connectivity index (χ0) is 73.9. The van der Waals surface area contributed by atoms with Crippen molar-refractivity contribution in [2.75, 3.05) is 42.7 Å². The van der Waals surface area contributed by atoms with Gasteiger partial charge in [0.2, 0.25) is 0 Å². The largest absolute Gasteiger partial charge is 0.458 e. The summed E-state index contributed by atoms with van der Waals surface area (Å²) in [5.74, 6) is -5.21. The van der Waals surface area contributed by atoms with E-state index in [0.29, 0.717) is 64.2 Å². The Morgan fingerprint density at radius 2 is 0.780 bits per heavy atom. The van der Waals surface area contributed by atoms with Gasteiger partial charge in [-0.25, -0.2) is 9.59 Å². The molecule has 0 aromatic rings. The van der Waals surface area contributed by atoms with Gasteiger partial charge in [0.05, 0.1) is 122 Å². The highest BCUT2D eigenvalue weighted by molar-refractivity contribution is 5.83. The van der Waals surface area contributed by atoms with Crippen LogP contribution >= 0.6 is 0 Å². The molecule has 0 saturated carbocycles. The van der Waals surface area contributed by atoms with Gasteiger partial charge in [0, 0.05) is 116 Å². The fourth-order valence-electron chi connectivity index (χ4n) is 15.7. The monoisotopic (exact) mass is 1420 g/mol. The summed E-state index contributed by atoms with van der Waals surface area (Å²) in [7, 11) is 9.98. The summed E-state index contributed by atoms with van der Waals surface area (Å²) in [5, 5.41) is 72.1. The summed E-state index contributed by atoms with van der Waals surface area (Å²) >= 11 is 0. The van der Waals surface area contributed by atoms with Crippen molar-refractivity contribution in [1.29, 1.82) is 0 Å². The van der Waals surface area contributed by atoms with Crippen molar-refractivity contribution < 1.29 is 97.1 Å². The van der Waals surface area contributed by atoms with Crippen molar-refractivity contribution in [3.8, 4) is 0 Å². The number of aliphatic hydroxyl groups excluding tert-OH is 6. The van der Waals surface area contributed by atoms with Gasteiger partial charge in [0.1, 0.15) is 12.2 Å². The molecule has 0 aromatic carbocycles. The molecule has 576 valence electrons. The fourth-order valence-corrected chi connectivity index (χ4v) is 15.7. The van der Waals surface area contributed by atoms with Crippen LogP contribution in [0.4, 0.5) is 0 Å². The lowest BCUT2D eigenvalue weighted by molar-refractivity contribution is -0.158. The van der Waals surface area contributed by atoms with E-state index >= 15 is 0 Å². The molecule has 20 nitrogen and oxygen atoms in total. The molecular weight excluding hydrogens is 1280 g/mol. The minimum atomic E-state index is -1.14. The molecule has 4 bridgehead atoms. The maximum absolute atomic E-state index is 14.0. The van der Waals surface area contributed by atoms with Crippen LogP contribution in [0.5, 0.6) is 0 Å². The van der Waals surface area contributed by atoms with Gasteiger partial charge in [0.15, 0.2) is 0 Å². The Bertz CT molecular complexity index is 2350. The molecule has 2 saturated heterocycles. The number of hydrogen-bond acceptors (Lipinski definition) is 20. The lowest BCUT2D eigenvalue weighted by Crippen LogP contribution is -2.45. The van der Waals surface area contributed by atoms with E-state index in [0.717, 1.165) is 49.7 Å². The number of fused-ring (bicyclic) bond motifs is 4. The van der Waals surface area contributed by atoms with Crippen molar-refractivity contribution in [1.82, 2.24) is 0 Å². The Hall–Kier alpha value is -3.26. The van der Waals surface area contributed by atoms with Crippen LogP contribution in [0.3, 0.4) is 0 Å². The Labute approximate surface area is 601 Å². The normalized spacial score (nSPS) is 40.5. The lowest BCUT2D eigenvalue weighted by Gasteiger charge is -2.38. The van der Waals surface area contributed by atoms with Gasteiger partial charge in [-0.1, -0.05) is 115 Å². The van der Waals surface area contributed by atoms with Crippen LogP contribution in [0.25, 0.3) is 0 Å². The number of hydrogen-bond donors (Lipinski definition) is 6. The van der Waals surface area contributed by atoms with Crippen LogP contribution in [0.1, 0.15) is 199 Å². The molecule has 20 heteroatoms. The standard InChI is InChI=1S/C80H136O20/c1-47-25-31-59(89-13)39-61-21-19-23-63(97-61)43-73(93-17)54(8)70(82)46-72(84)56(10)80(58(12)78(88)50(4)30-34-66-42-68(92-16)38-52(6)96-66)100-76(86)36-28-48(2)26-32-60(90-14)40-62-22-20-24-64(98-62)44-74(94-18)53(7)69(81)45-71(83)55(9)79(99-75(85)35-27-47)57(11)77(87)49(3)29-33-65-41-67(91-15)37-51(5)95-65/h19-22,25-28,35-36,49-74,77-84,87-88H,23-24,29-34,37-46H2,1-18H3/b35-27+,36-28+,47-25+,48-26+/t49-,50-,51-,52-,53-,54-,55-,56-,57-,58-,59-,60-,61-,62-,63-,64-,65-,66-,67+,68+,69-,70-,71+,72+,73-,74-,77-,78-,79-,80-/m0/s1. The number of allylic oxidation sites excluding steroid dienone is 4. The molecule has 0 radical (unpaired) electrons. The molecule has 5 rings (SSSR count).